The molecule has 1 aliphatic carbocycles. The van der Waals surface area contributed by atoms with E-state index in [0.717, 1.165) is 19.7 Å². The number of morpholine rings is 1. The molecule has 2 unspecified atom stereocenters. The summed E-state index contributed by atoms with van der Waals surface area (Å²) in [6.45, 7) is 2.96. The fourth-order valence-corrected chi connectivity index (χ4v) is 2.41. The Morgan fingerprint density at radius 2 is 2.33 bits per heavy atom. The van der Waals surface area contributed by atoms with E-state index in [2.05, 4.69) is 4.90 Å². The molecule has 0 bridgehead atoms. The highest BCUT2D eigenvalue weighted by Gasteiger charge is 2.35. The van der Waals surface area contributed by atoms with Gasteiger partial charge >= 0.3 is 0 Å². The molecule has 1 aliphatic heterocycles. The van der Waals surface area contributed by atoms with Gasteiger partial charge in [0.1, 0.15) is 0 Å². The largest absolute Gasteiger partial charge is 0.395 e. The molecule has 1 saturated carbocycles. The van der Waals surface area contributed by atoms with Crippen molar-refractivity contribution in [1.29, 1.82) is 0 Å². The zero-order chi connectivity index (χ0) is 8.39. The first-order valence-electron chi connectivity index (χ1n) is 4.88. The lowest BCUT2D eigenvalue weighted by Crippen LogP contribution is -2.49. The fourth-order valence-electron chi connectivity index (χ4n) is 2.41. The summed E-state index contributed by atoms with van der Waals surface area (Å²) >= 11 is 0. The molecule has 0 spiro atoms. The molecule has 0 aromatic heterocycles. The molecule has 0 radical (unpaired) electrons. The zero-order valence-electron chi connectivity index (χ0n) is 7.41. The second-order valence-electron chi connectivity index (χ2n) is 3.67. The Labute approximate surface area is 73.3 Å². The Hall–Kier alpha value is -0.120. The predicted molar refractivity (Wildman–Crippen MR) is 46.0 cm³/mol. The summed E-state index contributed by atoms with van der Waals surface area (Å²) in [5, 5.41) is 8.86. The molecule has 1 heterocycles. The molecule has 2 atom stereocenters. The summed E-state index contributed by atoms with van der Waals surface area (Å²) in [7, 11) is 0. The minimum Gasteiger partial charge on any atom is -0.395 e. The normalized spacial score (nSPS) is 36.8. The van der Waals surface area contributed by atoms with Gasteiger partial charge in [-0.15, -0.1) is 0 Å². The van der Waals surface area contributed by atoms with Gasteiger partial charge in [0, 0.05) is 19.1 Å². The molecule has 2 fully saturated rings. The lowest BCUT2D eigenvalue weighted by molar-refractivity contribution is -0.0591. The van der Waals surface area contributed by atoms with Crippen LogP contribution in [0.15, 0.2) is 0 Å². The number of aliphatic hydroxyl groups is 1. The van der Waals surface area contributed by atoms with Crippen molar-refractivity contribution in [2.45, 2.75) is 31.4 Å². The number of nitrogens with zero attached hydrogens (tertiary/aromatic N) is 1. The van der Waals surface area contributed by atoms with Gasteiger partial charge in [0.05, 0.1) is 19.3 Å². The summed E-state index contributed by atoms with van der Waals surface area (Å²) in [5.74, 6) is 0. The molecular formula is C9H17NO2. The first-order valence-corrected chi connectivity index (χ1v) is 4.88. The first kappa shape index (κ1) is 8.48. The van der Waals surface area contributed by atoms with Gasteiger partial charge in [0.2, 0.25) is 0 Å². The van der Waals surface area contributed by atoms with Gasteiger partial charge in [-0.05, 0) is 19.3 Å². The molecule has 2 rings (SSSR count). The number of hydrogen-bond donors (Lipinski definition) is 1. The SMILES string of the molecule is OCCN1CCOC2CCCC21. The van der Waals surface area contributed by atoms with Gasteiger partial charge in [-0.2, -0.15) is 0 Å². The van der Waals surface area contributed by atoms with Crippen molar-refractivity contribution in [2.75, 3.05) is 26.3 Å². The van der Waals surface area contributed by atoms with Gasteiger partial charge < -0.3 is 9.84 Å². The Morgan fingerprint density at radius 3 is 3.17 bits per heavy atom. The van der Waals surface area contributed by atoms with E-state index in [4.69, 9.17) is 9.84 Å². The van der Waals surface area contributed by atoms with Crippen molar-refractivity contribution in [1.82, 2.24) is 4.90 Å². The van der Waals surface area contributed by atoms with Crippen LogP contribution in [0.4, 0.5) is 0 Å². The van der Waals surface area contributed by atoms with Crippen molar-refractivity contribution in [2.24, 2.45) is 0 Å². The van der Waals surface area contributed by atoms with Crippen LogP contribution in [0.25, 0.3) is 0 Å². The summed E-state index contributed by atoms with van der Waals surface area (Å²) in [6.07, 6.45) is 4.22. The number of fused-ring (bicyclic) bond motifs is 1. The molecule has 1 saturated heterocycles. The molecule has 0 aromatic carbocycles. The van der Waals surface area contributed by atoms with Gasteiger partial charge in [0.15, 0.2) is 0 Å². The van der Waals surface area contributed by atoms with Crippen LogP contribution in [-0.4, -0.2) is 48.5 Å². The van der Waals surface area contributed by atoms with Crippen LogP contribution in [0.5, 0.6) is 0 Å². The van der Waals surface area contributed by atoms with E-state index in [9.17, 15) is 0 Å². The molecule has 3 heteroatoms. The topological polar surface area (TPSA) is 32.7 Å². The molecule has 70 valence electrons. The van der Waals surface area contributed by atoms with Crippen LogP contribution < -0.4 is 0 Å². The maximum absolute atomic E-state index is 8.86. The molecule has 2 aliphatic rings. The summed E-state index contributed by atoms with van der Waals surface area (Å²) < 4.78 is 5.66. The number of aliphatic hydroxyl groups excluding tert-OH is 1. The van der Waals surface area contributed by atoms with E-state index in [1.165, 1.54) is 19.3 Å². The van der Waals surface area contributed by atoms with E-state index >= 15 is 0 Å². The van der Waals surface area contributed by atoms with E-state index in [-0.39, 0.29) is 6.61 Å². The van der Waals surface area contributed by atoms with E-state index in [1.807, 2.05) is 0 Å². The Kier molecular flexibility index (Phi) is 2.63. The number of hydrogen-bond acceptors (Lipinski definition) is 3. The van der Waals surface area contributed by atoms with Crippen LogP contribution in [0, 0.1) is 0 Å². The standard InChI is InChI=1S/C9H17NO2/c11-6-4-10-5-7-12-9-3-1-2-8(9)10/h8-9,11H,1-7H2. The van der Waals surface area contributed by atoms with Crippen molar-refractivity contribution >= 4 is 0 Å². The van der Waals surface area contributed by atoms with Crippen LogP contribution in [0.1, 0.15) is 19.3 Å². The highest BCUT2D eigenvalue weighted by atomic mass is 16.5. The van der Waals surface area contributed by atoms with Crippen molar-refractivity contribution < 1.29 is 9.84 Å². The highest BCUT2D eigenvalue weighted by Crippen LogP contribution is 2.29. The van der Waals surface area contributed by atoms with Crippen molar-refractivity contribution in [3.63, 3.8) is 0 Å². The summed E-state index contributed by atoms with van der Waals surface area (Å²) in [6, 6.07) is 0.603. The summed E-state index contributed by atoms with van der Waals surface area (Å²) in [5.41, 5.74) is 0. The number of rotatable bonds is 2. The monoisotopic (exact) mass is 171 g/mol. The number of ether oxygens (including phenoxy) is 1. The number of β-amino-alcohol motifs (C(OH)–C–C–N with tert-alkyl or cyclic N) is 1. The third-order valence-electron chi connectivity index (χ3n) is 2.98. The first-order chi connectivity index (χ1) is 5.92. The second-order valence-corrected chi connectivity index (χ2v) is 3.67. The maximum atomic E-state index is 8.86. The minimum atomic E-state index is 0.281. The second kappa shape index (κ2) is 3.73. The van der Waals surface area contributed by atoms with E-state index in [0.29, 0.717) is 12.1 Å². The maximum Gasteiger partial charge on any atom is 0.0730 e. The van der Waals surface area contributed by atoms with Crippen molar-refractivity contribution in [3.05, 3.63) is 0 Å². The molecular weight excluding hydrogens is 154 g/mol. The summed E-state index contributed by atoms with van der Waals surface area (Å²) in [4.78, 5) is 2.38. The lowest BCUT2D eigenvalue weighted by Gasteiger charge is -2.37. The minimum absolute atomic E-state index is 0.281. The Balaban J connectivity index is 1.94. The van der Waals surface area contributed by atoms with Crippen molar-refractivity contribution in [3.8, 4) is 0 Å². The van der Waals surface area contributed by atoms with Crippen LogP contribution >= 0.6 is 0 Å². The van der Waals surface area contributed by atoms with Crippen LogP contribution in [0.2, 0.25) is 0 Å². The molecule has 0 aromatic rings. The Morgan fingerprint density at radius 1 is 1.42 bits per heavy atom. The van der Waals surface area contributed by atoms with Gasteiger partial charge in [0.25, 0.3) is 0 Å². The average molecular weight is 171 g/mol. The zero-order valence-corrected chi connectivity index (χ0v) is 7.41. The Bertz CT molecular complexity index is 149. The van der Waals surface area contributed by atoms with E-state index in [1.54, 1.807) is 0 Å². The van der Waals surface area contributed by atoms with E-state index < -0.39 is 0 Å². The average Bonchev–Trinajstić information content (AvgIpc) is 2.53. The molecule has 3 nitrogen and oxygen atoms in total. The highest BCUT2D eigenvalue weighted by molar-refractivity contribution is 4.88. The smallest absolute Gasteiger partial charge is 0.0730 e. The molecule has 1 N–H and O–H groups in total. The quantitative estimate of drug-likeness (QED) is 0.645. The van der Waals surface area contributed by atoms with Gasteiger partial charge in [-0.1, -0.05) is 0 Å². The van der Waals surface area contributed by atoms with Crippen LogP contribution in [0.3, 0.4) is 0 Å². The van der Waals surface area contributed by atoms with Crippen LogP contribution in [-0.2, 0) is 4.74 Å². The molecule has 12 heavy (non-hydrogen) atoms. The van der Waals surface area contributed by atoms with Gasteiger partial charge in [-0.3, -0.25) is 4.90 Å². The molecule has 0 amide bonds. The lowest BCUT2D eigenvalue weighted by atomic mass is 10.1. The fraction of sp³-hybridized carbons (Fsp3) is 1.00. The third kappa shape index (κ3) is 1.49. The third-order valence-corrected chi connectivity index (χ3v) is 2.98. The predicted octanol–water partition coefficient (Wildman–Crippen LogP) is 0.232. The van der Waals surface area contributed by atoms with Gasteiger partial charge in [-0.25, -0.2) is 0 Å².